The van der Waals surface area contributed by atoms with Gasteiger partial charge < -0.3 is 9.69 Å². The van der Waals surface area contributed by atoms with Gasteiger partial charge in [-0.15, -0.1) is 0 Å². The van der Waals surface area contributed by atoms with Gasteiger partial charge >= 0.3 is 0 Å². The third-order valence-electron chi connectivity index (χ3n) is 1.55. The van der Waals surface area contributed by atoms with Crippen LogP contribution >= 0.6 is 0 Å². The molecule has 0 N–H and O–H groups in total. The summed E-state index contributed by atoms with van der Waals surface area (Å²) in [5.41, 5.74) is 0. The zero-order valence-electron chi connectivity index (χ0n) is 6.94. The van der Waals surface area contributed by atoms with Gasteiger partial charge in [0.15, 0.2) is 6.54 Å². The molecule has 0 aliphatic heterocycles. The molecule has 62 valence electrons. The average Bonchev–Trinajstić information content (AvgIpc) is 2.44. The molecular formula is C8H5N5. The van der Waals surface area contributed by atoms with Crippen LogP contribution in [0.25, 0.3) is 9.69 Å². The maximum absolute atomic E-state index is 8.47. The van der Waals surface area contributed by atoms with Crippen LogP contribution in [0.4, 0.5) is 11.6 Å². The average molecular weight is 171 g/mol. The Morgan fingerprint density at radius 3 is 2.69 bits per heavy atom. The lowest BCUT2D eigenvalue weighted by molar-refractivity contribution is 0.802. The third-order valence-corrected chi connectivity index (χ3v) is 1.55. The van der Waals surface area contributed by atoms with Crippen LogP contribution in [0.5, 0.6) is 0 Å². The predicted octanol–water partition coefficient (Wildman–Crippen LogP) is 1.82. The monoisotopic (exact) mass is 171 g/mol. The van der Waals surface area contributed by atoms with Crippen molar-refractivity contribution in [3.63, 3.8) is 0 Å². The first-order chi connectivity index (χ1) is 6.24. The van der Waals surface area contributed by atoms with Gasteiger partial charge in [0.1, 0.15) is 6.07 Å². The van der Waals surface area contributed by atoms with Crippen LogP contribution in [0.1, 0.15) is 5.82 Å². The number of imidazole rings is 1. The number of rotatable bonds is 1. The highest BCUT2D eigenvalue weighted by atomic mass is 15.2. The van der Waals surface area contributed by atoms with E-state index >= 15 is 0 Å². The molecule has 0 aromatic carbocycles. The number of hydrogen-bond donors (Lipinski definition) is 0. The summed E-state index contributed by atoms with van der Waals surface area (Å²) >= 11 is 0. The molecule has 0 amide bonds. The molecule has 0 saturated carbocycles. The molecule has 1 aromatic rings. The van der Waals surface area contributed by atoms with E-state index in [-0.39, 0.29) is 18.2 Å². The van der Waals surface area contributed by atoms with E-state index in [9.17, 15) is 0 Å². The van der Waals surface area contributed by atoms with Crippen LogP contribution < -0.4 is 0 Å². The fourth-order valence-corrected chi connectivity index (χ4v) is 0.983. The van der Waals surface area contributed by atoms with E-state index in [1.165, 1.54) is 4.57 Å². The van der Waals surface area contributed by atoms with E-state index in [4.69, 9.17) is 18.4 Å². The molecule has 0 aliphatic rings. The first-order valence-corrected chi connectivity index (χ1v) is 3.43. The molecule has 5 heteroatoms. The van der Waals surface area contributed by atoms with Crippen molar-refractivity contribution in [1.29, 1.82) is 5.26 Å². The van der Waals surface area contributed by atoms with Crippen LogP contribution in [-0.2, 0) is 6.54 Å². The van der Waals surface area contributed by atoms with Gasteiger partial charge in [-0.25, -0.2) is 0 Å². The van der Waals surface area contributed by atoms with Gasteiger partial charge in [-0.3, -0.25) is 4.57 Å². The summed E-state index contributed by atoms with van der Waals surface area (Å²) < 4.78 is 1.43. The SMILES string of the molecule is [C-]#[N+]c1nc(C)n(CC#N)c1[N+]#[C-]. The Bertz CT molecular complexity index is 449. The summed E-state index contributed by atoms with van der Waals surface area (Å²) in [6, 6.07) is 1.91. The van der Waals surface area contributed by atoms with Crippen LogP contribution in [0.2, 0.25) is 0 Å². The zero-order valence-corrected chi connectivity index (χ0v) is 6.94. The summed E-state index contributed by atoms with van der Waals surface area (Å²) in [5.74, 6) is 0.746. The summed E-state index contributed by atoms with van der Waals surface area (Å²) in [6.45, 7) is 15.3. The van der Waals surface area contributed by atoms with Crippen molar-refractivity contribution in [3.8, 4) is 6.07 Å². The van der Waals surface area contributed by atoms with E-state index in [0.29, 0.717) is 5.82 Å². The van der Waals surface area contributed by atoms with E-state index in [1.54, 1.807) is 6.92 Å². The normalized spacial score (nSPS) is 8.46. The highest BCUT2D eigenvalue weighted by Crippen LogP contribution is 2.28. The fourth-order valence-electron chi connectivity index (χ4n) is 0.983. The number of hydrogen-bond acceptors (Lipinski definition) is 2. The quantitative estimate of drug-likeness (QED) is 0.605. The summed E-state index contributed by atoms with van der Waals surface area (Å²) in [5, 5.41) is 8.47. The Hall–Kier alpha value is -2.32. The van der Waals surface area contributed by atoms with Crippen molar-refractivity contribution in [2.45, 2.75) is 13.5 Å². The lowest BCUT2D eigenvalue weighted by atomic mass is 10.6. The minimum absolute atomic E-state index is 0.0616. The van der Waals surface area contributed by atoms with E-state index in [2.05, 4.69) is 14.7 Å². The van der Waals surface area contributed by atoms with Crippen molar-refractivity contribution >= 4 is 11.6 Å². The van der Waals surface area contributed by atoms with Gasteiger partial charge in [-0.05, 0) is 0 Å². The molecule has 0 radical (unpaired) electrons. The number of nitrogens with zero attached hydrogens (tertiary/aromatic N) is 5. The second-order valence-corrected chi connectivity index (χ2v) is 2.27. The molecule has 1 heterocycles. The molecule has 0 bridgehead atoms. The van der Waals surface area contributed by atoms with Crippen molar-refractivity contribution in [2.24, 2.45) is 0 Å². The Morgan fingerprint density at radius 1 is 1.54 bits per heavy atom. The summed E-state index contributed by atoms with van der Waals surface area (Å²) in [6.07, 6.45) is 0. The van der Waals surface area contributed by atoms with Crippen molar-refractivity contribution in [1.82, 2.24) is 9.55 Å². The van der Waals surface area contributed by atoms with E-state index < -0.39 is 0 Å². The molecule has 0 aliphatic carbocycles. The van der Waals surface area contributed by atoms with Crippen molar-refractivity contribution in [3.05, 3.63) is 28.7 Å². The van der Waals surface area contributed by atoms with Crippen LogP contribution in [0.3, 0.4) is 0 Å². The zero-order chi connectivity index (χ0) is 9.84. The molecule has 0 saturated heterocycles. The van der Waals surface area contributed by atoms with Gasteiger partial charge in [-0.1, -0.05) is 18.1 Å². The molecule has 0 fully saturated rings. The van der Waals surface area contributed by atoms with Crippen molar-refractivity contribution in [2.75, 3.05) is 0 Å². The van der Waals surface area contributed by atoms with Gasteiger partial charge in [-0.2, -0.15) is 5.26 Å². The largest absolute Gasteiger partial charge is 0.373 e. The topological polar surface area (TPSA) is 50.3 Å². The number of aryl methyl sites for hydroxylation is 1. The molecule has 1 rings (SSSR count). The number of nitriles is 1. The van der Waals surface area contributed by atoms with Gasteiger partial charge in [0, 0.05) is 6.92 Å². The van der Waals surface area contributed by atoms with Crippen molar-refractivity contribution < 1.29 is 0 Å². The molecular weight excluding hydrogens is 166 g/mol. The molecule has 13 heavy (non-hydrogen) atoms. The minimum Gasteiger partial charge on any atom is -0.373 e. The summed E-state index contributed by atoms with van der Waals surface area (Å²) in [7, 11) is 0. The highest BCUT2D eigenvalue weighted by molar-refractivity contribution is 5.63. The molecule has 1 aromatic heterocycles. The van der Waals surface area contributed by atoms with Crippen LogP contribution in [0.15, 0.2) is 0 Å². The van der Waals surface area contributed by atoms with E-state index in [0.717, 1.165) is 0 Å². The van der Waals surface area contributed by atoms with Gasteiger partial charge in [0.2, 0.25) is 0 Å². The Labute approximate surface area is 75.5 Å². The minimum atomic E-state index is 0.0616. The smallest absolute Gasteiger partial charge is 0.293 e. The first kappa shape index (κ1) is 8.77. The second kappa shape index (κ2) is 3.38. The fraction of sp³-hybridized carbons (Fsp3) is 0.250. The molecule has 0 unspecified atom stereocenters. The molecule has 0 spiro atoms. The Kier molecular flexibility index (Phi) is 2.28. The van der Waals surface area contributed by atoms with Crippen LogP contribution in [-0.4, -0.2) is 9.55 Å². The highest BCUT2D eigenvalue weighted by Gasteiger charge is 2.17. The van der Waals surface area contributed by atoms with Crippen LogP contribution in [0, 0.1) is 31.4 Å². The predicted molar refractivity (Wildman–Crippen MR) is 45.1 cm³/mol. The summed E-state index contributed by atoms with van der Waals surface area (Å²) in [4.78, 5) is 10.1. The second-order valence-electron chi connectivity index (χ2n) is 2.27. The van der Waals surface area contributed by atoms with Gasteiger partial charge in [0.05, 0.1) is 0 Å². The van der Waals surface area contributed by atoms with Gasteiger partial charge in [0.25, 0.3) is 17.5 Å². The maximum atomic E-state index is 8.47. The first-order valence-electron chi connectivity index (χ1n) is 3.43. The standard InChI is InChI=1S/C8H5N5/c1-6-12-7(10-2)8(11-3)13(6)5-4-9/h5H2,1H3. The Balaban J connectivity index is 3.37. The number of aromatic nitrogens is 2. The maximum Gasteiger partial charge on any atom is 0.293 e. The molecule has 0 atom stereocenters. The Morgan fingerprint density at radius 2 is 2.23 bits per heavy atom. The third kappa shape index (κ3) is 1.34. The molecule has 5 nitrogen and oxygen atoms in total. The lowest BCUT2D eigenvalue weighted by Crippen LogP contribution is -1.96. The lowest BCUT2D eigenvalue weighted by Gasteiger charge is -1.94. The van der Waals surface area contributed by atoms with E-state index in [1.807, 2.05) is 6.07 Å².